The van der Waals surface area contributed by atoms with Crippen LogP contribution < -0.4 is 10.1 Å². The molecule has 0 spiro atoms. The fourth-order valence-corrected chi connectivity index (χ4v) is 2.89. The van der Waals surface area contributed by atoms with E-state index < -0.39 is 6.04 Å². The van der Waals surface area contributed by atoms with Crippen LogP contribution in [0.4, 0.5) is 0 Å². The summed E-state index contributed by atoms with van der Waals surface area (Å²) < 4.78 is 5.68. The van der Waals surface area contributed by atoms with E-state index in [1.807, 2.05) is 83.1 Å². The Morgan fingerprint density at radius 3 is 2.24 bits per heavy atom. The fraction of sp³-hybridized carbons (Fsp3) is 0.417. The number of carbonyl (C=O) groups excluding carboxylic acids is 2. The summed E-state index contributed by atoms with van der Waals surface area (Å²) in [7, 11) is 0. The summed E-state index contributed by atoms with van der Waals surface area (Å²) in [5.41, 5.74) is 2.83. The van der Waals surface area contributed by atoms with Crippen molar-refractivity contribution in [2.24, 2.45) is 0 Å². The summed E-state index contributed by atoms with van der Waals surface area (Å²) >= 11 is 0. The molecule has 0 saturated carbocycles. The van der Waals surface area contributed by atoms with Crippen LogP contribution >= 0.6 is 0 Å². The van der Waals surface area contributed by atoms with Crippen LogP contribution in [0.3, 0.4) is 0 Å². The maximum absolute atomic E-state index is 13.0. The van der Waals surface area contributed by atoms with Gasteiger partial charge in [0.15, 0.2) is 6.61 Å². The van der Waals surface area contributed by atoms with Crippen LogP contribution in [-0.4, -0.2) is 34.9 Å². The van der Waals surface area contributed by atoms with E-state index in [9.17, 15) is 9.59 Å². The second kappa shape index (κ2) is 9.59. The van der Waals surface area contributed by atoms with E-state index in [-0.39, 0.29) is 24.0 Å². The maximum Gasteiger partial charge on any atom is 0.261 e. The van der Waals surface area contributed by atoms with E-state index in [0.717, 1.165) is 16.7 Å². The minimum Gasteiger partial charge on any atom is -0.484 e. The molecule has 5 nitrogen and oxygen atoms in total. The van der Waals surface area contributed by atoms with Gasteiger partial charge in [0.25, 0.3) is 5.91 Å². The van der Waals surface area contributed by atoms with Crippen LogP contribution in [0.2, 0.25) is 0 Å². The number of carbonyl (C=O) groups is 2. The average Bonchev–Trinajstić information content (AvgIpc) is 2.65. The van der Waals surface area contributed by atoms with Gasteiger partial charge < -0.3 is 15.0 Å². The van der Waals surface area contributed by atoms with Crippen molar-refractivity contribution in [1.29, 1.82) is 0 Å². The Labute approximate surface area is 174 Å². The molecule has 0 bridgehead atoms. The highest BCUT2D eigenvalue weighted by molar-refractivity contribution is 5.88. The number of hydrogen-bond donors (Lipinski definition) is 1. The summed E-state index contributed by atoms with van der Waals surface area (Å²) in [5.74, 6) is 0.215. The van der Waals surface area contributed by atoms with Gasteiger partial charge in [-0.25, -0.2) is 0 Å². The van der Waals surface area contributed by atoms with Gasteiger partial charge in [0, 0.05) is 12.1 Å². The van der Waals surface area contributed by atoms with Crippen LogP contribution in [0.1, 0.15) is 44.4 Å². The van der Waals surface area contributed by atoms with Gasteiger partial charge in [-0.2, -0.15) is 0 Å². The van der Waals surface area contributed by atoms with Crippen molar-refractivity contribution < 1.29 is 14.3 Å². The minimum absolute atomic E-state index is 0.123. The fourth-order valence-electron chi connectivity index (χ4n) is 2.89. The number of aryl methyl sites for hydroxylation is 2. The van der Waals surface area contributed by atoms with Crippen molar-refractivity contribution in [3.63, 3.8) is 0 Å². The van der Waals surface area contributed by atoms with Crippen molar-refractivity contribution in [3.05, 3.63) is 65.2 Å². The average molecular weight is 397 g/mol. The SMILES string of the molecule is Cc1ccc(OCC(=O)N(Cc2ccccc2C)C(C)C(=O)NC(C)(C)C)cc1. The van der Waals surface area contributed by atoms with Crippen molar-refractivity contribution in [2.75, 3.05) is 6.61 Å². The smallest absolute Gasteiger partial charge is 0.261 e. The van der Waals surface area contributed by atoms with Crippen molar-refractivity contribution in [3.8, 4) is 5.75 Å². The van der Waals surface area contributed by atoms with Crippen molar-refractivity contribution in [1.82, 2.24) is 10.2 Å². The first-order chi connectivity index (χ1) is 13.6. The van der Waals surface area contributed by atoms with Crippen molar-refractivity contribution in [2.45, 2.75) is 59.7 Å². The molecule has 1 N–H and O–H groups in total. The predicted molar refractivity (Wildman–Crippen MR) is 116 cm³/mol. The van der Waals surface area contributed by atoms with E-state index in [0.29, 0.717) is 12.3 Å². The normalized spacial score (nSPS) is 12.2. The first kappa shape index (κ1) is 22.5. The van der Waals surface area contributed by atoms with Gasteiger partial charge in [0.1, 0.15) is 11.8 Å². The highest BCUT2D eigenvalue weighted by Gasteiger charge is 2.28. The topological polar surface area (TPSA) is 58.6 Å². The Morgan fingerprint density at radius 1 is 1.03 bits per heavy atom. The molecule has 0 aliphatic heterocycles. The van der Waals surface area contributed by atoms with Gasteiger partial charge in [0.05, 0.1) is 0 Å². The molecule has 2 rings (SSSR count). The lowest BCUT2D eigenvalue weighted by molar-refractivity contribution is -0.142. The molecule has 0 aliphatic rings. The summed E-state index contributed by atoms with van der Waals surface area (Å²) in [5, 5.41) is 2.96. The van der Waals surface area contributed by atoms with Crippen molar-refractivity contribution >= 4 is 11.8 Å². The molecule has 2 aromatic carbocycles. The molecule has 29 heavy (non-hydrogen) atoms. The van der Waals surface area contributed by atoms with E-state index in [1.165, 1.54) is 0 Å². The highest BCUT2D eigenvalue weighted by atomic mass is 16.5. The summed E-state index contributed by atoms with van der Waals surface area (Å²) in [6.07, 6.45) is 0. The molecule has 5 heteroatoms. The first-order valence-corrected chi connectivity index (χ1v) is 9.92. The Kier molecular flexibility index (Phi) is 7.43. The lowest BCUT2D eigenvalue weighted by atomic mass is 10.1. The molecule has 1 unspecified atom stereocenters. The zero-order chi connectivity index (χ0) is 21.6. The second-order valence-corrected chi connectivity index (χ2v) is 8.47. The first-order valence-electron chi connectivity index (χ1n) is 9.92. The van der Waals surface area contributed by atoms with E-state index in [1.54, 1.807) is 11.8 Å². The molecular formula is C24H32N2O3. The van der Waals surface area contributed by atoms with E-state index in [2.05, 4.69) is 5.32 Å². The van der Waals surface area contributed by atoms with Crippen LogP contribution in [-0.2, 0) is 16.1 Å². The van der Waals surface area contributed by atoms with Crippen LogP contribution in [0.5, 0.6) is 5.75 Å². The number of ether oxygens (including phenoxy) is 1. The summed E-state index contributed by atoms with van der Waals surface area (Å²) in [4.78, 5) is 27.4. The van der Waals surface area contributed by atoms with Gasteiger partial charge >= 0.3 is 0 Å². The van der Waals surface area contributed by atoms with Gasteiger partial charge in [-0.3, -0.25) is 9.59 Å². The predicted octanol–water partition coefficient (Wildman–Crippen LogP) is 4.01. The quantitative estimate of drug-likeness (QED) is 0.769. The highest BCUT2D eigenvalue weighted by Crippen LogP contribution is 2.16. The number of rotatable bonds is 7. The van der Waals surface area contributed by atoms with Gasteiger partial charge in [-0.1, -0.05) is 42.0 Å². The summed E-state index contributed by atoms with van der Waals surface area (Å²) in [6.45, 7) is 11.7. The monoisotopic (exact) mass is 396 g/mol. The molecule has 0 saturated heterocycles. The molecule has 2 amide bonds. The largest absolute Gasteiger partial charge is 0.484 e. The minimum atomic E-state index is -0.622. The van der Waals surface area contributed by atoms with Gasteiger partial charge in [0.2, 0.25) is 5.91 Å². The molecule has 0 heterocycles. The lowest BCUT2D eigenvalue weighted by Gasteiger charge is -2.31. The Bertz CT molecular complexity index is 838. The number of benzene rings is 2. The molecular weight excluding hydrogens is 364 g/mol. The second-order valence-electron chi connectivity index (χ2n) is 8.47. The Morgan fingerprint density at radius 2 is 1.66 bits per heavy atom. The van der Waals surface area contributed by atoms with Crippen LogP contribution in [0.15, 0.2) is 48.5 Å². The number of nitrogens with zero attached hydrogens (tertiary/aromatic N) is 1. The maximum atomic E-state index is 13.0. The molecule has 156 valence electrons. The Hall–Kier alpha value is -2.82. The molecule has 2 aromatic rings. The zero-order valence-corrected chi connectivity index (χ0v) is 18.3. The zero-order valence-electron chi connectivity index (χ0n) is 18.3. The third kappa shape index (κ3) is 6.93. The third-order valence-corrected chi connectivity index (χ3v) is 4.65. The molecule has 0 fully saturated rings. The Balaban J connectivity index is 2.18. The third-order valence-electron chi connectivity index (χ3n) is 4.65. The van der Waals surface area contributed by atoms with E-state index in [4.69, 9.17) is 4.74 Å². The lowest BCUT2D eigenvalue weighted by Crippen LogP contribution is -2.53. The molecule has 1 atom stereocenters. The van der Waals surface area contributed by atoms with Gasteiger partial charge in [-0.15, -0.1) is 0 Å². The van der Waals surface area contributed by atoms with Crippen LogP contribution in [0.25, 0.3) is 0 Å². The molecule has 0 radical (unpaired) electrons. The standard InChI is InChI=1S/C24H32N2O3/c1-17-11-13-21(14-12-17)29-16-22(27)26(15-20-10-8-7-9-18(20)2)19(3)23(28)25-24(4,5)6/h7-14,19H,15-16H2,1-6H3,(H,25,28). The number of nitrogens with one attached hydrogen (secondary N) is 1. The number of amides is 2. The molecule has 0 aliphatic carbocycles. The number of hydrogen-bond acceptors (Lipinski definition) is 3. The van der Waals surface area contributed by atoms with E-state index >= 15 is 0 Å². The van der Waals surface area contributed by atoms with Crippen LogP contribution in [0, 0.1) is 13.8 Å². The van der Waals surface area contributed by atoms with Gasteiger partial charge in [-0.05, 0) is 64.8 Å². The summed E-state index contributed by atoms with van der Waals surface area (Å²) in [6, 6.07) is 14.8. The molecule has 0 aromatic heterocycles.